The van der Waals surface area contributed by atoms with Crippen LogP contribution in [0.3, 0.4) is 0 Å². The molecule has 208 valence electrons. The van der Waals surface area contributed by atoms with E-state index in [1.807, 2.05) is 52.0 Å². The number of benzene rings is 1. The van der Waals surface area contributed by atoms with Crippen LogP contribution in [0.1, 0.15) is 97.7 Å². The van der Waals surface area contributed by atoms with Gasteiger partial charge in [0.05, 0.1) is 6.42 Å². The molecule has 4 amide bonds. The number of ether oxygens (including phenoxy) is 1. The molecule has 0 aromatic heterocycles. The molecule has 0 aliphatic carbocycles. The Hall–Kier alpha value is -3.10. The first-order valence-corrected chi connectivity index (χ1v) is 13.0. The number of nitrogens with two attached hydrogens (primary N) is 1. The molecular formula is C28H46N4O5. The minimum Gasteiger partial charge on any atom is -0.444 e. The summed E-state index contributed by atoms with van der Waals surface area (Å²) in [6, 6.07) is 5.15. The standard InChI is InChI=1S/C28H46N4O5/c1-9-10-11-12-17-32(25(35)21(18-22(29)33)30-26(36)37-28(6,7)8)23(24(34)31-27(3,4)5)20-15-13-19(2)14-16-20/h13-16,21,23H,9-12,17-18H2,1-8H3,(H2,29,33)(H,30,36)(H,31,34). The molecule has 0 aliphatic heterocycles. The summed E-state index contributed by atoms with van der Waals surface area (Å²) in [4.78, 5) is 53.5. The van der Waals surface area contributed by atoms with E-state index >= 15 is 0 Å². The lowest BCUT2D eigenvalue weighted by Gasteiger charge is -2.36. The second-order valence-electron chi connectivity index (χ2n) is 11.5. The van der Waals surface area contributed by atoms with Crippen molar-refractivity contribution in [3.8, 4) is 0 Å². The predicted molar refractivity (Wildman–Crippen MR) is 145 cm³/mol. The van der Waals surface area contributed by atoms with Crippen molar-refractivity contribution < 1.29 is 23.9 Å². The molecule has 0 saturated carbocycles. The Kier molecular flexibility index (Phi) is 12.1. The van der Waals surface area contributed by atoms with Gasteiger partial charge < -0.3 is 26.0 Å². The molecular weight excluding hydrogens is 472 g/mol. The molecule has 2 unspecified atom stereocenters. The summed E-state index contributed by atoms with van der Waals surface area (Å²) in [6.07, 6.45) is 2.23. The third-order valence-corrected chi connectivity index (χ3v) is 5.38. The normalized spacial score (nSPS) is 13.3. The molecule has 1 aromatic carbocycles. The van der Waals surface area contributed by atoms with E-state index in [0.29, 0.717) is 12.0 Å². The smallest absolute Gasteiger partial charge is 0.408 e. The van der Waals surface area contributed by atoms with Crippen LogP contribution in [0.25, 0.3) is 0 Å². The van der Waals surface area contributed by atoms with E-state index in [4.69, 9.17) is 10.5 Å². The van der Waals surface area contributed by atoms with Crippen LogP contribution in [-0.2, 0) is 19.1 Å². The highest BCUT2D eigenvalue weighted by Crippen LogP contribution is 2.25. The number of primary amides is 1. The number of carbonyl (C=O) groups excluding carboxylic acids is 4. The summed E-state index contributed by atoms with van der Waals surface area (Å²) < 4.78 is 5.31. The lowest BCUT2D eigenvalue weighted by Crippen LogP contribution is -2.55. The Balaban J connectivity index is 3.51. The van der Waals surface area contributed by atoms with Crippen LogP contribution in [0.5, 0.6) is 0 Å². The van der Waals surface area contributed by atoms with E-state index in [1.54, 1.807) is 20.8 Å². The van der Waals surface area contributed by atoms with Crippen molar-refractivity contribution in [1.82, 2.24) is 15.5 Å². The largest absolute Gasteiger partial charge is 0.444 e. The summed E-state index contributed by atoms with van der Waals surface area (Å²) in [5, 5.41) is 5.49. The first-order valence-electron chi connectivity index (χ1n) is 13.0. The average Bonchev–Trinajstić information content (AvgIpc) is 2.73. The van der Waals surface area contributed by atoms with Gasteiger partial charge in [-0.2, -0.15) is 0 Å². The molecule has 37 heavy (non-hydrogen) atoms. The Morgan fingerprint density at radius 3 is 2.05 bits per heavy atom. The van der Waals surface area contributed by atoms with Crippen molar-refractivity contribution >= 4 is 23.8 Å². The monoisotopic (exact) mass is 518 g/mol. The fraction of sp³-hybridized carbons (Fsp3) is 0.643. The molecule has 2 atom stereocenters. The third-order valence-electron chi connectivity index (χ3n) is 5.38. The zero-order valence-electron chi connectivity index (χ0n) is 23.8. The minimum atomic E-state index is -1.28. The second-order valence-corrected chi connectivity index (χ2v) is 11.5. The van der Waals surface area contributed by atoms with E-state index < -0.39 is 47.6 Å². The maximum Gasteiger partial charge on any atom is 0.408 e. The van der Waals surface area contributed by atoms with Gasteiger partial charge in [-0.05, 0) is 60.5 Å². The number of hydrogen-bond donors (Lipinski definition) is 3. The van der Waals surface area contributed by atoms with Crippen molar-refractivity contribution in [2.24, 2.45) is 5.73 Å². The fourth-order valence-electron chi connectivity index (χ4n) is 3.79. The summed E-state index contributed by atoms with van der Waals surface area (Å²) in [5.41, 5.74) is 5.73. The van der Waals surface area contributed by atoms with Gasteiger partial charge in [0, 0.05) is 12.1 Å². The van der Waals surface area contributed by atoms with Crippen LogP contribution in [0.2, 0.25) is 0 Å². The highest BCUT2D eigenvalue weighted by molar-refractivity contribution is 5.94. The maximum atomic E-state index is 14.0. The lowest BCUT2D eigenvalue weighted by molar-refractivity contribution is -0.144. The number of aryl methyl sites for hydroxylation is 1. The number of hydrogen-bond acceptors (Lipinski definition) is 5. The Labute approximate surface area is 221 Å². The van der Waals surface area contributed by atoms with Gasteiger partial charge in [-0.3, -0.25) is 14.4 Å². The molecule has 0 bridgehead atoms. The molecule has 9 heteroatoms. The fourth-order valence-corrected chi connectivity index (χ4v) is 3.79. The predicted octanol–water partition coefficient (Wildman–Crippen LogP) is 4.13. The molecule has 0 saturated heterocycles. The molecule has 0 spiro atoms. The molecule has 1 aromatic rings. The van der Waals surface area contributed by atoms with Gasteiger partial charge in [0.15, 0.2) is 0 Å². The molecule has 0 radical (unpaired) electrons. The second kappa shape index (κ2) is 14.0. The Morgan fingerprint density at radius 2 is 1.57 bits per heavy atom. The van der Waals surface area contributed by atoms with Crippen molar-refractivity contribution in [1.29, 1.82) is 0 Å². The highest BCUT2D eigenvalue weighted by Gasteiger charge is 2.37. The maximum absolute atomic E-state index is 14.0. The number of amides is 4. The number of nitrogens with zero attached hydrogens (tertiary/aromatic N) is 1. The van der Waals surface area contributed by atoms with Crippen LogP contribution >= 0.6 is 0 Å². The van der Waals surface area contributed by atoms with Crippen LogP contribution < -0.4 is 16.4 Å². The van der Waals surface area contributed by atoms with Crippen molar-refractivity contribution in [2.45, 2.75) is 111 Å². The van der Waals surface area contributed by atoms with E-state index in [0.717, 1.165) is 24.8 Å². The van der Waals surface area contributed by atoms with Gasteiger partial charge in [0.25, 0.3) is 0 Å². The summed E-state index contributed by atoms with van der Waals surface area (Å²) in [7, 11) is 0. The number of carbonyl (C=O) groups is 4. The Morgan fingerprint density at radius 1 is 0.973 bits per heavy atom. The molecule has 9 nitrogen and oxygen atoms in total. The molecule has 0 fully saturated rings. The van der Waals surface area contributed by atoms with E-state index in [2.05, 4.69) is 17.6 Å². The summed E-state index contributed by atoms with van der Waals surface area (Å²) >= 11 is 0. The SMILES string of the molecule is CCCCCCN(C(=O)C(CC(N)=O)NC(=O)OC(C)(C)C)C(C(=O)NC(C)(C)C)c1ccc(C)cc1. The zero-order chi connectivity index (χ0) is 28.4. The summed E-state index contributed by atoms with van der Waals surface area (Å²) in [6.45, 7) is 15.0. The van der Waals surface area contributed by atoms with Gasteiger partial charge in [-0.25, -0.2) is 4.79 Å². The van der Waals surface area contributed by atoms with Crippen LogP contribution in [0.4, 0.5) is 4.79 Å². The molecule has 4 N–H and O–H groups in total. The highest BCUT2D eigenvalue weighted by atomic mass is 16.6. The van der Waals surface area contributed by atoms with Crippen molar-refractivity contribution in [2.75, 3.05) is 6.54 Å². The van der Waals surface area contributed by atoms with Crippen LogP contribution in [0.15, 0.2) is 24.3 Å². The quantitative estimate of drug-likeness (QED) is 0.358. The lowest BCUT2D eigenvalue weighted by atomic mass is 9.98. The van der Waals surface area contributed by atoms with E-state index in [9.17, 15) is 19.2 Å². The van der Waals surface area contributed by atoms with Crippen LogP contribution in [0, 0.1) is 6.92 Å². The van der Waals surface area contributed by atoms with Crippen molar-refractivity contribution in [3.63, 3.8) is 0 Å². The molecule has 1 rings (SSSR count). The molecule has 0 aliphatic rings. The number of nitrogens with one attached hydrogen (secondary N) is 2. The number of alkyl carbamates (subject to hydrolysis) is 1. The Bertz CT molecular complexity index is 916. The van der Waals surface area contributed by atoms with Crippen LogP contribution in [-0.4, -0.2) is 52.4 Å². The average molecular weight is 519 g/mol. The van der Waals surface area contributed by atoms with Gasteiger partial charge in [-0.1, -0.05) is 56.0 Å². The number of unbranched alkanes of at least 4 members (excludes halogenated alkanes) is 3. The van der Waals surface area contributed by atoms with Gasteiger partial charge in [-0.15, -0.1) is 0 Å². The first kappa shape index (κ1) is 31.9. The van der Waals surface area contributed by atoms with Gasteiger partial charge in [0.2, 0.25) is 17.7 Å². The summed E-state index contributed by atoms with van der Waals surface area (Å²) in [5.74, 6) is -1.68. The topological polar surface area (TPSA) is 131 Å². The van der Waals surface area contributed by atoms with Gasteiger partial charge >= 0.3 is 6.09 Å². The van der Waals surface area contributed by atoms with Crippen molar-refractivity contribution in [3.05, 3.63) is 35.4 Å². The van der Waals surface area contributed by atoms with E-state index in [-0.39, 0.29) is 12.5 Å². The third kappa shape index (κ3) is 12.1. The number of rotatable bonds is 12. The van der Waals surface area contributed by atoms with E-state index in [1.165, 1.54) is 4.90 Å². The minimum absolute atomic E-state index is 0.264. The zero-order valence-corrected chi connectivity index (χ0v) is 23.8. The van der Waals surface area contributed by atoms with Gasteiger partial charge in [0.1, 0.15) is 17.7 Å². The first-order chi connectivity index (χ1) is 17.0. The molecule has 0 heterocycles.